The predicted molar refractivity (Wildman–Crippen MR) is 102 cm³/mol. The molecular formula is C19H16ClNO4S. The fourth-order valence-corrected chi connectivity index (χ4v) is 3.22. The molecule has 0 aliphatic carbocycles. The number of ether oxygens (including phenoxy) is 2. The molecule has 0 spiro atoms. The van der Waals surface area contributed by atoms with Crippen molar-refractivity contribution in [2.45, 2.75) is 6.92 Å². The maximum Gasteiger partial charge on any atom is 0.355 e. The molecule has 0 amide bonds. The van der Waals surface area contributed by atoms with Crippen LogP contribution in [0.1, 0.15) is 16.1 Å². The lowest BCUT2D eigenvalue weighted by molar-refractivity contribution is 0.0691. The van der Waals surface area contributed by atoms with Gasteiger partial charge in [0.1, 0.15) is 29.7 Å². The van der Waals surface area contributed by atoms with Crippen molar-refractivity contribution in [2.75, 3.05) is 13.2 Å². The van der Waals surface area contributed by atoms with Crippen LogP contribution in [-0.4, -0.2) is 29.3 Å². The number of rotatable bonds is 7. The monoisotopic (exact) mass is 389 g/mol. The number of aryl methyl sites for hydroxylation is 1. The van der Waals surface area contributed by atoms with Gasteiger partial charge in [-0.15, -0.1) is 11.3 Å². The molecule has 0 aliphatic rings. The van der Waals surface area contributed by atoms with E-state index in [1.165, 1.54) is 16.7 Å². The van der Waals surface area contributed by atoms with Crippen LogP contribution in [-0.2, 0) is 0 Å². The maximum absolute atomic E-state index is 11.0. The molecule has 1 N–H and O–H groups in total. The largest absolute Gasteiger partial charge is 0.490 e. The molecule has 0 bridgehead atoms. The van der Waals surface area contributed by atoms with Gasteiger partial charge in [0.25, 0.3) is 0 Å². The lowest BCUT2D eigenvalue weighted by Crippen LogP contribution is -2.09. The van der Waals surface area contributed by atoms with Gasteiger partial charge in [-0.1, -0.05) is 23.7 Å². The number of hydrogen-bond acceptors (Lipinski definition) is 5. The Bertz CT molecular complexity index is 925. The molecule has 2 aromatic carbocycles. The molecule has 5 nitrogen and oxygen atoms in total. The molecule has 3 aromatic rings. The Hall–Kier alpha value is -2.57. The molecule has 26 heavy (non-hydrogen) atoms. The summed E-state index contributed by atoms with van der Waals surface area (Å²) >= 11 is 7.27. The summed E-state index contributed by atoms with van der Waals surface area (Å²) in [5.74, 6) is 0.321. The van der Waals surface area contributed by atoms with Crippen LogP contribution >= 0.6 is 22.9 Å². The molecule has 0 fully saturated rings. The van der Waals surface area contributed by atoms with Gasteiger partial charge in [0.2, 0.25) is 0 Å². The van der Waals surface area contributed by atoms with E-state index in [-0.39, 0.29) is 5.69 Å². The van der Waals surface area contributed by atoms with Crippen LogP contribution in [0.2, 0.25) is 5.02 Å². The Morgan fingerprint density at radius 1 is 1.19 bits per heavy atom. The highest BCUT2D eigenvalue weighted by Crippen LogP contribution is 2.32. The molecule has 0 aliphatic heterocycles. The van der Waals surface area contributed by atoms with Crippen molar-refractivity contribution in [3.63, 3.8) is 0 Å². The highest BCUT2D eigenvalue weighted by molar-refractivity contribution is 7.13. The second-order valence-corrected chi connectivity index (χ2v) is 6.71. The molecule has 0 atom stereocenters. The molecule has 3 rings (SSSR count). The van der Waals surface area contributed by atoms with E-state index in [4.69, 9.17) is 26.2 Å². The Labute approximate surface area is 159 Å². The molecule has 7 heteroatoms. The SMILES string of the molecule is Cc1cc(OCCOc2ccccc2-c2nc(C(=O)O)cs2)ccc1Cl. The molecule has 1 aromatic heterocycles. The molecule has 134 valence electrons. The molecule has 0 unspecified atom stereocenters. The summed E-state index contributed by atoms with van der Waals surface area (Å²) in [5, 5.41) is 11.8. The first kappa shape index (κ1) is 18.2. The third-order valence-corrected chi connectivity index (χ3v) is 4.88. The van der Waals surface area contributed by atoms with E-state index in [0.29, 0.717) is 29.0 Å². The molecular weight excluding hydrogens is 374 g/mol. The highest BCUT2D eigenvalue weighted by atomic mass is 35.5. The number of aromatic nitrogens is 1. The van der Waals surface area contributed by atoms with Gasteiger partial charge in [-0.25, -0.2) is 9.78 Å². The normalized spacial score (nSPS) is 10.5. The minimum Gasteiger partial charge on any atom is -0.490 e. The number of benzene rings is 2. The van der Waals surface area contributed by atoms with E-state index in [1.807, 2.05) is 43.3 Å². The third-order valence-electron chi connectivity index (χ3n) is 3.58. The van der Waals surface area contributed by atoms with Gasteiger partial charge in [-0.05, 0) is 42.8 Å². The van der Waals surface area contributed by atoms with Crippen LogP contribution in [0.15, 0.2) is 47.8 Å². The van der Waals surface area contributed by atoms with Crippen molar-refractivity contribution in [3.8, 4) is 22.1 Å². The van der Waals surface area contributed by atoms with Crippen LogP contribution in [0.25, 0.3) is 10.6 Å². The summed E-state index contributed by atoms with van der Waals surface area (Å²) in [6.07, 6.45) is 0. The lowest BCUT2D eigenvalue weighted by atomic mass is 10.2. The van der Waals surface area contributed by atoms with Crippen molar-refractivity contribution in [2.24, 2.45) is 0 Å². The van der Waals surface area contributed by atoms with Crippen molar-refractivity contribution < 1.29 is 19.4 Å². The number of nitrogens with zero attached hydrogens (tertiary/aromatic N) is 1. The topological polar surface area (TPSA) is 68.7 Å². The molecule has 0 saturated heterocycles. The maximum atomic E-state index is 11.0. The van der Waals surface area contributed by atoms with Gasteiger partial charge in [0.15, 0.2) is 5.69 Å². The zero-order chi connectivity index (χ0) is 18.5. The molecule has 1 heterocycles. The number of carboxylic acids is 1. The van der Waals surface area contributed by atoms with Gasteiger partial charge < -0.3 is 14.6 Å². The summed E-state index contributed by atoms with van der Waals surface area (Å²) in [7, 11) is 0. The van der Waals surface area contributed by atoms with Crippen molar-refractivity contribution in [3.05, 3.63) is 64.1 Å². The fourth-order valence-electron chi connectivity index (χ4n) is 2.28. The summed E-state index contributed by atoms with van der Waals surface area (Å²) in [6, 6.07) is 12.9. The lowest BCUT2D eigenvalue weighted by Gasteiger charge is -2.11. The van der Waals surface area contributed by atoms with Crippen molar-refractivity contribution >= 4 is 28.9 Å². The van der Waals surface area contributed by atoms with Crippen molar-refractivity contribution in [1.29, 1.82) is 0 Å². The van der Waals surface area contributed by atoms with Gasteiger partial charge in [-0.2, -0.15) is 0 Å². The number of thiazole rings is 1. The Morgan fingerprint density at radius 3 is 2.69 bits per heavy atom. The quantitative estimate of drug-likeness (QED) is 0.580. The first-order valence-corrected chi connectivity index (χ1v) is 9.10. The second-order valence-electron chi connectivity index (χ2n) is 5.45. The van der Waals surface area contributed by atoms with Crippen LogP contribution in [0.5, 0.6) is 11.5 Å². The second kappa shape index (κ2) is 8.21. The predicted octanol–water partition coefficient (Wildman–Crippen LogP) is 4.93. The van der Waals surface area contributed by atoms with E-state index in [0.717, 1.165) is 16.9 Å². The van der Waals surface area contributed by atoms with E-state index < -0.39 is 5.97 Å². The van der Waals surface area contributed by atoms with Gasteiger partial charge >= 0.3 is 5.97 Å². The Kier molecular flexibility index (Phi) is 5.75. The number of halogens is 1. The van der Waals surface area contributed by atoms with Crippen LogP contribution in [0, 0.1) is 6.92 Å². The van der Waals surface area contributed by atoms with E-state index >= 15 is 0 Å². The summed E-state index contributed by atoms with van der Waals surface area (Å²) in [5.41, 5.74) is 1.74. The fraction of sp³-hybridized carbons (Fsp3) is 0.158. The first-order valence-electron chi connectivity index (χ1n) is 7.84. The number of aromatic carboxylic acids is 1. The summed E-state index contributed by atoms with van der Waals surface area (Å²) < 4.78 is 11.5. The zero-order valence-electron chi connectivity index (χ0n) is 13.9. The van der Waals surface area contributed by atoms with Gasteiger partial charge in [0, 0.05) is 10.4 Å². The summed E-state index contributed by atoms with van der Waals surface area (Å²) in [4.78, 5) is 15.1. The third kappa shape index (κ3) is 4.33. The van der Waals surface area contributed by atoms with Gasteiger partial charge in [-0.3, -0.25) is 0 Å². The van der Waals surface area contributed by atoms with Crippen LogP contribution < -0.4 is 9.47 Å². The Balaban J connectivity index is 1.63. The zero-order valence-corrected chi connectivity index (χ0v) is 15.5. The van der Waals surface area contributed by atoms with Crippen LogP contribution in [0.3, 0.4) is 0 Å². The van der Waals surface area contributed by atoms with Crippen LogP contribution in [0.4, 0.5) is 0 Å². The standard InChI is InChI=1S/C19H16ClNO4S/c1-12-10-13(6-7-15(12)20)24-8-9-25-17-5-3-2-4-14(17)18-21-16(11-26-18)19(22)23/h2-7,10-11H,8-9H2,1H3,(H,22,23). The van der Waals surface area contributed by atoms with Gasteiger partial charge in [0.05, 0.1) is 5.56 Å². The minimum atomic E-state index is -1.04. The average molecular weight is 390 g/mol. The molecule has 0 radical (unpaired) electrons. The Morgan fingerprint density at radius 2 is 1.96 bits per heavy atom. The number of hydrogen-bond donors (Lipinski definition) is 1. The number of carboxylic acid groups (broad SMARTS) is 1. The van der Waals surface area contributed by atoms with E-state index in [2.05, 4.69) is 4.98 Å². The van der Waals surface area contributed by atoms with E-state index in [9.17, 15) is 4.79 Å². The number of carbonyl (C=O) groups is 1. The average Bonchev–Trinajstić information content (AvgIpc) is 3.12. The summed E-state index contributed by atoms with van der Waals surface area (Å²) in [6.45, 7) is 2.63. The molecule has 0 saturated carbocycles. The van der Waals surface area contributed by atoms with E-state index in [1.54, 1.807) is 6.07 Å². The highest BCUT2D eigenvalue weighted by Gasteiger charge is 2.13. The smallest absolute Gasteiger partial charge is 0.355 e. The minimum absolute atomic E-state index is 0.0289. The van der Waals surface area contributed by atoms with Crippen molar-refractivity contribution in [1.82, 2.24) is 4.98 Å². The first-order chi connectivity index (χ1) is 12.5. The number of para-hydroxylation sites is 1.